The predicted octanol–water partition coefficient (Wildman–Crippen LogP) is 4.05. The summed E-state index contributed by atoms with van der Waals surface area (Å²) in [7, 11) is 0. The van der Waals surface area contributed by atoms with Crippen LogP contribution in [0.25, 0.3) is 0 Å². The largest absolute Gasteiger partial charge is 0.482 e. The molecule has 0 atom stereocenters. The Hall–Kier alpha value is -1.87. The molecule has 4 heteroatoms. The zero-order chi connectivity index (χ0) is 13.8. The zero-order valence-electron chi connectivity index (χ0n) is 10.3. The van der Waals surface area contributed by atoms with Crippen LogP contribution >= 0.6 is 11.6 Å². The van der Waals surface area contributed by atoms with Crippen LogP contribution in [0.5, 0.6) is 5.75 Å². The summed E-state index contributed by atoms with van der Waals surface area (Å²) < 4.78 is 18.7. The molecule has 0 saturated carbocycles. The molecule has 0 aliphatic rings. The Morgan fingerprint density at radius 1 is 1.21 bits per heavy atom. The molecule has 2 rings (SSSR count). The molecule has 0 saturated heterocycles. The molecule has 0 N–H and O–H groups in total. The molecule has 0 bridgehead atoms. The minimum absolute atomic E-state index is 0.0204. The van der Waals surface area contributed by atoms with Crippen molar-refractivity contribution in [2.45, 2.75) is 6.92 Å². The number of hydrogen-bond acceptors (Lipinski definition) is 2. The first-order valence-electron chi connectivity index (χ1n) is 5.74. The molecule has 0 fully saturated rings. The van der Waals surface area contributed by atoms with Crippen molar-refractivity contribution in [3.63, 3.8) is 0 Å². The van der Waals surface area contributed by atoms with E-state index in [-0.39, 0.29) is 23.2 Å². The summed E-state index contributed by atoms with van der Waals surface area (Å²) in [6.07, 6.45) is 0. The van der Waals surface area contributed by atoms with Gasteiger partial charge < -0.3 is 4.74 Å². The smallest absolute Gasteiger partial charge is 0.200 e. The lowest BCUT2D eigenvalue weighted by Crippen LogP contribution is -2.12. The molecule has 2 nitrogen and oxygen atoms in total. The van der Waals surface area contributed by atoms with Gasteiger partial charge in [0, 0.05) is 5.56 Å². The third-order valence-electron chi connectivity index (χ3n) is 2.65. The van der Waals surface area contributed by atoms with Crippen LogP contribution in [0, 0.1) is 12.7 Å². The van der Waals surface area contributed by atoms with Crippen molar-refractivity contribution in [1.29, 1.82) is 0 Å². The van der Waals surface area contributed by atoms with Crippen molar-refractivity contribution in [2.24, 2.45) is 0 Å². The molecule has 0 radical (unpaired) electrons. The van der Waals surface area contributed by atoms with Gasteiger partial charge in [-0.05, 0) is 19.1 Å². The molecule has 0 aliphatic carbocycles. The van der Waals surface area contributed by atoms with Gasteiger partial charge in [-0.15, -0.1) is 0 Å². The molecular weight excluding hydrogens is 267 g/mol. The Bertz CT molecular complexity index is 594. The summed E-state index contributed by atoms with van der Waals surface area (Å²) >= 11 is 5.62. The van der Waals surface area contributed by atoms with E-state index in [4.69, 9.17) is 16.3 Å². The van der Waals surface area contributed by atoms with Crippen LogP contribution in [-0.2, 0) is 0 Å². The van der Waals surface area contributed by atoms with E-state index >= 15 is 0 Å². The van der Waals surface area contributed by atoms with Crippen molar-refractivity contribution < 1.29 is 13.9 Å². The summed E-state index contributed by atoms with van der Waals surface area (Å²) in [5.74, 6) is -0.881. The fraction of sp³-hybridized carbons (Fsp3) is 0.133. The highest BCUT2D eigenvalue weighted by Crippen LogP contribution is 2.24. The van der Waals surface area contributed by atoms with E-state index in [1.807, 2.05) is 19.1 Å². The second-order valence-electron chi connectivity index (χ2n) is 4.13. The normalized spacial score (nSPS) is 10.3. The highest BCUT2D eigenvalue weighted by atomic mass is 35.5. The van der Waals surface area contributed by atoms with Gasteiger partial charge in [-0.3, -0.25) is 4.79 Å². The molecule has 0 unspecified atom stereocenters. The Kier molecular flexibility index (Phi) is 4.17. The van der Waals surface area contributed by atoms with Crippen LogP contribution in [0.15, 0.2) is 42.5 Å². The fourth-order valence-electron chi connectivity index (χ4n) is 1.56. The maximum absolute atomic E-state index is 13.5. The van der Waals surface area contributed by atoms with Gasteiger partial charge in [-0.2, -0.15) is 0 Å². The van der Waals surface area contributed by atoms with Gasteiger partial charge in [0.1, 0.15) is 0 Å². The third-order valence-corrected chi connectivity index (χ3v) is 2.94. The van der Waals surface area contributed by atoms with Gasteiger partial charge in [-0.1, -0.05) is 47.5 Å². The molecule has 2 aromatic carbocycles. The second-order valence-corrected chi connectivity index (χ2v) is 4.54. The van der Waals surface area contributed by atoms with Crippen molar-refractivity contribution in [3.8, 4) is 5.75 Å². The molecule has 0 aromatic heterocycles. The highest BCUT2D eigenvalue weighted by Gasteiger charge is 2.11. The average Bonchev–Trinajstić information content (AvgIpc) is 2.41. The molecular formula is C15H12ClFO2. The van der Waals surface area contributed by atoms with Crippen LogP contribution in [0.3, 0.4) is 0 Å². The maximum Gasteiger partial charge on any atom is 0.200 e. The standard InChI is InChI=1S/C15H12ClFO2/c1-10-5-7-11(8-6-10)13(18)9-19-14-4-2-3-12(16)15(14)17/h2-8H,9H2,1H3. The first-order valence-corrected chi connectivity index (χ1v) is 6.12. The number of rotatable bonds is 4. The van der Waals surface area contributed by atoms with E-state index in [0.717, 1.165) is 5.56 Å². The number of halogens is 2. The Morgan fingerprint density at radius 2 is 1.89 bits per heavy atom. The van der Waals surface area contributed by atoms with Gasteiger partial charge in [-0.25, -0.2) is 4.39 Å². The predicted molar refractivity (Wildman–Crippen MR) is 72.4 cm³/mol. The van der Waals surface area contributed by atoms with E-state index in [9.17, 15) is 9.18 Å². The monoisotopic (exact) mass is 278 g/mol. The van der Waals surface area contributed by atoms with Crippen molar-refractivity contribution >= 4 is 17.4 Å². The highest BCUT2D eigenvalue weighted by molar-refractivity contribution is 6.30. The zero-order valence-corrected chi connectivity index (χ0v) is 11.1. The lowest BCUT2D eigenvalue weighted by Gasteiger charge is -2.07. The van der Waals surface area contributed by atoms with Crippen LogP contribution in [0.1, 0.15) is 15.9 Å². The molecule has 0 heterocycles. The molecule has 2 aromatic rings. The number of hydrogen-bond donors (Lipinski definition) is 0. The molecule has 0 aliphatic heterocycles. The first-order chi connectivity index (χ1) is 9.08. The van der Waals surface area contributed by atoms with Gasteiger partial charge >= 0.3 is 0 Å². The van der Waals surface area contributed by atoms with Crippen LogP contribution in [0.4, 0.5) is 4.39 Å². The number of ketones is 1. The van der Waals surface area contributed by atoms with Crippen molar-refractivity contribution in [3.05, 3.63) is 64.4 Å². The SMILES string of the molecule is Cc1ccc(C(=O)COc2cccc(Cl)c2F)cc1. The molecule has 0 spiro atoms. The second kappa shape index (κ2) is 5.85. The van der Waals surface area contributed by atoms with E-state index in [0.29, 0.717) is 5.56 Å². The third kappa shape index (κ3) is 3.32. The first kappa shape index (κ1) is 13.6. The van der Waals surface area contributed by atoms with E-state index in [1.54, 1.807) is 18.2 Å². The number of aryl methyl sites for hydroxylation is 1. The summed E-state index contributed by atoms with van der Waals surface area (Å²) in [6.45, 7) is 1.71. The number of carbonyl (C=O) groups is 1. The number of benzene rings is 2. The Labute approximate surface area is 115 Å². The van der Waals surface area contributed by atoms with Crippen LogP contribution in [-0.4, -0.2) is 12.4 Å². The molecule has 19 heavy (non-hydrogen) atoms. The fourth-order valence-corrected chi connectivity index (χ4v) is 1.73. The topological polar surface area (TPSA) is 26.3 Å². The quantitative estimate of drug-likeness (QED) is 0.789. The van der Waals surface area contributed by atoms with Gasteiger partial charge in [0.25, 0.3) is 0 Å². The minimum atomic E-state index is -0.652. The van der Waals surface area contributed by atoms with Crippen molar-refractivity contribution in [2.75, 3.05) is 6.61 Å². The lowest BCUT2D eigenvalue weighted by molar-refractivity contribution is 0.0919. The number of ether oxygens (including phenoxy) is 1. The summed E-state index contributed by atoms with van der Waals surface area (Å²) in [6, 6.07) is 11.5. The maximum atomic E-state index is 13.5. The average molecular weight is 279 g/mol. The van der Waals surface area contributed by atoms with E-state index in [1.165, 1.54) is 12.1 Å². The van der Waals surface area contributed by atoms with E-state index in [2.05, 4.69) is 0 Å². The molecule has 0 amide bonds. The van der Waals surface area contributed by atoms with Crippen LogP contribution < -0.4 is 4.74 Å². The summed E-state index contributed by atoms with van der Waals surface area (Å²) in [5, 5.41) is -0.0275. The number of Topliss-reactive ketones (excluding diaryl/α,β-unsaturated/α-hetero) is 1. The van der Waals surface area contributed by atoms with E-state index < -0.39 is 5.82 Å². The summed E-state index contributed by atoms with van der Waals surface area (Å²) in [4.78, 5) is 11.8. The van der Waals surface area contributed by atoms with Gasteiger partial charge in [0.15, 0.2) is 24.0 Å². The van der Waals surface area contributed by atoms with Gasteiger partial charge in [0.2, 0.25) is 0 Å². The van der Waals surface area contributed by atoms with Crippen LogP contribution in [0.2, 0.25) is 5.02 Å². The van der Waals surface area contributed by atoms with Gasteiger partial charge in [0.05, 0.1) is 5.02 Å². The Morgan fingerprint density at radius 3 is 2.58 bits per heavy atom. The summed E-state index contributed by atoms with van der Waals surface area (Å²) in [5.41, 5.74) is 1.60. The molecule has 98 valence electrons. The Balaban J connectivity index is 2.04. The minimum Gasteiger partial charge on any atom is -0.482 e. The lowest BCUT2D eigenvalue weighted by atomic mass is 10.1. The number of carbonyl (C=O) groups excluding carboxylic acids is 1. The van der Waals surface area contributed by atoms with Crippen molar-refractivity contribution in [1.82, 2.24) is 0 Å².